The van der Waals surface area contributed by atoms with E-state index in [-0.39, 0.29) is 0 Å². The lowest BCUT2D eigenvalue weighted by atomic mass is 10.1. The van der Waals surface area contributed by atoms with Gasteiger partial charge in [-0.2, -0.15) is 0 Å². The molecule has 0 radical (unpaired) electrons. The maximum absolute atomic E-state index is 5.51. The van der Waals surface area contributed by atoms with Gasteiger partial charge in [0.05, 0.1) is 0 Å². The Balaban J connectivity index is 4.00. The first-order valence-electron chi connectivity index (χ1n) is 4.32. The molecule has 0 aromatic heterocycles. The van der Waals surface area contributed by atoms with E-state index in [9.17, 15) is 0 Å². The third-order valence-electron chi connectivity index (χ3n) is 1.61. The zero-order chi connectivity index (χ0) is 8.69. The first-order valence-corrected chi connectivity index (χ1v) is 4.32. The van der Waals surface area contributed by atoms with E-state index >= 15 is 0 Å². The Bertz CT molecular complexity index is 150. The minimum Gasteiger partial charge on any atom is -0.402 e. The monoisotopic (exact) mass is 153 g/mol. The van der Waals surface area contributed by atoms with Gasteiger partial charge < -0.3 is 5.73 Å². The molecule has 0 aromatic carbocycles. The lowest BCUT2D eigenvalue weighted by Gasteiger charge is -1.99. The Morgan fingerprint density at radius 3 is 2.27 bits per heavy atom. The van der Waals surface area contributed by atoms with E-state index in [0.29, 0.717) is 0 Å². The van der Waals surface area contributed by atoms with Crippen molar-refractivity contribution in [2.45, 2.75) is 40.0 Å². The molecule has 0 saturated heterocycles. The van der Waals surface area contributed by atoms with Gasteiger partial charge in [0.15, 0.2) is 0 Å². The fourth-order valence-corrected chi connectivity index (χ4v) is 0.948. The summed E-state index contributed by atoms with van der Waals surface area (Å²) in [7, 11) is 0. The SMILES string of the molecule is CCC/C(=C\C=C(\C)N)CC. The largest absolute Gasteiger partial charge is 0.402 e. The topological polar surface area (TPSA) is 26.0 Å². The molecule has 1 heteroatoms. The van der Waals surface area contributed by atoms with Crippen molar-refractivity contribution in [3.8, 4) is 0 Å². The zero-order valence-corrected chi connectivity index (χ0v) is 7.85. The van der Waals surface area contributed by atoms with Crippen LogP contribution < -0.4 is 5.73 Å². The minimum absolute atomic E-state index is 0.882. The highest BCUT2D eigenvalue weighted by Crippen LogP contribution is 2.08. The van der Waals surface area contributed by atoms with Crippen molar-refractivity contribution in [1.82, 2.24) is 0 Å². The highest BCUT2D eigenvalue weighted by Gasteiger charge is 1.89. The summed E-state index contributed by atoms with van der Waals surface area (Å²) >= 11 is 0. The number of nitrogens with two attached hydrogens (primary N) is 1. The van der Waals surface area contributed by atoms with Gasteiger partial charge >= 0.3 is 0 Å². The van der Waals surface area contributed by atoms with Crippen LogP contribution in [0.1, 0.15) is 40.0 Å². The number of hydrogen-bond donors (Lipinski definition) is 1. The molecule has 0 aromatic rings. The van der Waals surface area contributed by atoms with Crippen molar-refractivity contribution in [1.29, 1.82) is 0 Å². The van der Waals surface area contributed by atoms with Gasteiger partial charge in [0.2, 0.25) is 0 Å². The van der Waals surface area contributed by atoms with Gasteiger partial charge in [-0.25, -0.2) is 0 Å². The van der Waals surface area contributed by atoms with Gasteiger partial charge in [-0.15, -0.1) is 0 Å². The molecule has 0 spiro atoms. The van der Waals surface area contributed by atoms with Crippen LogP contribution in [0.15, 0.2) is 23.4 Å². The summed E-state index contributed by atoms with van der Waals surface area (Å²) < 4.78 is 0. The van der Waals surface area contributed by atoms with Crippen molar-refractivity contribution >= 4 is 0 Å². The highest BCUT2D eigenvalue weighted by atomic mass is 14.5. The summed E-state index contributed by atoms with van der Waals surface area (Å²) in [5, 5.41) is 0. The van der Waals surface area contributed by atoms with Crippen molar-refractivity contribution < 1.29 is 0 Å². The first kappa shape index (κ1) is 10.3. The van der Waals surface area contributed by atoms with Crippen LogP contribution in [0.4, 0.5) is 0 Å². The summed E-state index contributed by atoms with van der Waals surface area (Å²) in [6, 6.07) is 0. The summed E-state index contributed by atoms with van der Waals surface area (Å²) in [4.78, 5) is 0. The fraction of sp³-hybridized carbons (Fsp3) is 0.600. The fourth-order valence-electron chi connectivity index (χ4n) is 0.948. The second-order valence-corrected chi connectivity index (χ2v) is 2.84. The van der Waals surface area contributed by atoms with E-state index in [1.807, 2.05) is 13.0 Å². The third-order valence-corrected chi connectivity index (χ3v) is 1.61. The Morgan fingerprint density at radius 1 is 1.27 bits per heavy atom. The molecule has 0 rings (SSSR count). The molecular weight excluding hydrogens is 134 g/mol. The van der Waals surface area contributed by atoms with Gasteiger partial charge in [0.25, 0.3) is 0 Å². The zero-order valence-electron chi connectivity index (χ0n) is 7.85. The smallest absolute Gasteiger partial charge is 0.00488 e. The molecular formula is C10H19N. The Kier molecular flexibility index (Phi) is 5.63. The van der Waals surface area contributed by atoms with E-state index in [2.05, 4.69) is 19.9 Å². The molecule has 0 aliphatic carbocycles. The lowest BCUT2D eigenvalue weighted by molar-refractivity contribution is 0.858. The second kappa shape index (κ2) is 6.02. The van der Waals surface area contributed by atoms with Gasteiger partial charge in [0, 0.05) is 5.70 Å². The molecule has 0 heterocycles. The lowest BCUT2D eigenvalue weighted by Crippen LogP contribution is -1.89. The summed E-state index contributed by atoms with van der Waals surface area (Å²) in [6.07, 6.45) is 7.67. The normalized spacial score (nSPS) is 13.7. The van der Waals surface area contributed by atoms with Gasteiger partial charge in [-0.3, -0.25) is 0 Å². The predicted octanol–water partition coefficient (Wildman–Crippen LogP) is 2.99. The molecule has 0 aliphatic heterocycles. The summed E-state index contributed by atoms with van der Waals surface area (Å²) in [5.74, 6) is 0. The average Bonchev–Trinajstić information content (AvgIpc) is 1.97. The van der Waals surface area contributed by atoms with Crippen LogP contribution in [-0.4, -0.2) is 0 Å². The van der Waals surface area contributed by atoms with Crippen LogP contribution in [0.5, 0.6) is 0 Å². The highest BCUT2D eigenvalue weighted by molar-refractivity contribution is 5.14. The average molecular weight is 153 g/mol. The molecule has 64 valence electrons. The molecule has 1 nitrogen and oxygen atoms in total. The number of allylic oxidation sites excluding steroid dienone is 4. The van der Waals surface area contributed by atoms with Crippen LogP contribution in [0.2, 0.25) is 0 Å². The maximum atomic E-state index is 5.51. The Hall–Kier alpha value is -0.720. The Morgan fingerprint density at radius 2 is 1.91 bits per heavy atom. The molecule has 0 fully saturated rings. The van der Waals surface area contributed by atoms with Gasteiger partial charge in [-0.05, 0) is 25.8 Å². The number of hydrogen-bond acceptors (Lipinski definition) is 1. The maximum Gasteiger partial charge on any atom is 0.00488 e. The van der Waals surface area contributed by atoms with Crippen LogP contribution in [0.25, 0.3) is 0 Å². The Labute approximate surface area is 70.0 Å². The van der Waals surface area contributed by atoms with E-state index in [1.54, 1.807) is 0 Å². The number of rotatable bonds is 4. The van der Waals surface area contributed by atoms with Crippen LogP contribution in [0, 0.1) is 0 Å². The van der Waals surface area contributed by atoms with Crippen LogP contribution >= 0.6 is 0 Å². The van der Waals surface area contributed by atoms with Crippen LogP contribution in [-0.2, 0) is 0 Å². The quantitative estimate of drug-likeness (QED) is 0.617. The minimum atomic E-state index is 0.882. The molecule has 0 unspecified atom stereocenters. The van der Waals surface area contributed by atoms with Crippen molar-refractivity contribution in [2.75, 3.05) is 0 Å². The third kappa shape index (κ3) is 5.71. The second-order valence-electron chi connectivity index (χ2n) is 2.84. The van der Waals surface area contributed by atoms with E-state index < -0.39 is 0 Å². The molecule has 2 N–H and O–H groups in total. The predicted molar refractivity (Wildman–Crippen MR) is 51.2 cm³/mol. The van der Waals surface area contributed by atoms with Crippen LogP contribution in [0.3, 0.4) is 0 Å². The van der Waals surface area contributed by atoms with Crippen molar-refractivity contribution in [2.24, 2.45) is 5.73 Å². The standard InChI is InChI=1S/C10H19N/c1-4-6-10(5-2)8-7-9(3)11/h7-8H,4-6,11H2,1-3H3/b9-7-,10-8-. The molecule has 0 amide bonds. The summed E-state index contributed by atoms with van der Waals surface area (Å²) in [6.45, 7) is 6.29. The van der Waals surface area contributed by atoms with E-state index in [1.165, 1.54) is 18.4 Å². The van der Waals surface area contributed by atoms with Crippen molar-refractivity contribution in [3.05, 3.63) is 23.4 Å². The van der Waals surface area contributed by atoms with Gasteiger partial charge in [0.1, 0.15) is 0 Å². The molecule has 0 aliphatic rings. The van der Waals surface area contributed by atoms with Gasteiger partial charge in [-0.1, -0.05) is 31.9 Å². The van der Waals surface area contributed by atoms with E-state index in [0.717, 1.165) is 12.1 Å². The molecule has 0 atom stereocenters. The molecule has 0 bridgehead atoms. The molecule has 0 saturated carbocycles. The molecule has 11 heavy (non-hydrogen) atoms. The van der Waals surface area contributed by atoms with Crippen molar-refractivity contribution in [3.63, 3.8) is 0 Å². The van der Waals surface area contributed by atoms with E-state index in [4.69, 9.17) is 5.73 Å². The first-order chi connectivity index (χ1) is 5.20. The summed E-state index contributed by atoms with van der Waals surface area (Å²) in [5.41, 5.74) is 7.87.